The van der Waals surface area contributed by atoms with Gasteiger partial charge in [-0.3, -0.25) is 0 Å². The topological polar surface area (TPSA) is 15.3 Å². The number of nitrogens with one attached hydrogen (secondary N) is 1. The maximum atomic E-state index is 3.59. The lowest BCUT2D eigenvalue weighted by atomic mass is 10.0. The number of rotatable bonds is 5. The van der Waals surface area contributed by atoms with Crippen molar-refractivity contribution in [2.75, 3.05) is 26.2 Å². The fraction of sp³-hybridized carbons (Fsp3) is 0.647. The molecule has 2 nitrogen and oxygen atoms in total. The highest BCUT2D eigenvalue weighted by atomic mass is 15.1. The van der Waals surface area contributed by atoms with Gasteiger partial charge >= 0.3 is 0 Å². The fourth-order valence-corrected chi connectivity index (χ4v) is 2.85. The highest BCUT2D eigenvalue weighted by Crippen LogP contribution is 2.15. The van der Waals surface area contributed by atoms with Gasteiger partial charge in [-0.05, 0) is 69.0 Å². The minimum absolute atomic E-state index is 1.00. The maximum absolute atomic E-state index is 3.59. The zero-order valence-electron chi connectivity index (χ0n) is 12.8. The second-order valence-electron chi connectivity index (χ2n) is 5.94. The molecule has 2 heteroatoms. The SMILES string of the molecule is Cc1cc(C)c(CNCCN2CCCCC2)cc1C. The van der Waals surface area contributed by atoms with E-state index < -0.39 is 0 Å². The van der Waals surface area contributed by atoms with E-state index in [-0.39, 0.29) is 0 Å². The fourth-order valence-electron chi connectivity index (χ4n) is 2.85. The lowest BCUT2D eigenvalue weighted by Crippen LogP contribution is -2.35. The molecule has 0 aliphatic carbocycles. The second kappa shape index (κ2) is 7.06. The van der Waals surface area contributed by atoms with E-state index in [0.717, 1.165) is 13.1 Å². The summed E-state index contributed by atoms with van der Waals surface area (Å²) in [5, 5.41) is 3.59. The summed E-state index contributed by atoms with van der Waals surface area (Å²) >= 11 is 0. The molecule has 1 aliphatic rings. The van der Waals surface area contributed by atoms with E-state index in [1.54, 1.807) is 0 Å². The van der Waals surface area contributed by atoms with Crippen molar-refractivity contribution in [2.24, 2.45) is 0 Å². The minimum Gasteiger partial charge on any atom is -0.311 e. The van der Waals surface area contributed by atoms with Crippen LogP contribution >= 0.6 is 0 Å². The summed E-state index contributed by atoms with van der Waals surface area (Å²) in [7, 11) is 0. The minimum atomic E-state index is 1.00. The molecule has 2 rings (SSSR count). The van der Waals surface area contributed by atoms with Gasteiger partial charge in [-0.2, -0.15) is 0 Å². The van der Waals surface area contributed by atoms with E-state index in [9.17, 15) is 0 Å². The van der Waals surface area contributed by atoms with E-state index in [0.29, 0.717) is 0 Å². The summed E-state index contributed by atoms with van der Waals surface area (Å²) in [6, 6.07) is 4.63. The smallest absolute Gasteiger partial charge is 0.0208 e. The number of benzene rings is 1. The molecule has 19 heavy (non-hydrogen) atoms. The zero-order valence-corrected chi connectivity index (χ0v) is 12.8. The predicted molar refractivity (Wildman–Crippen MR) is 82.7 cm³/mol. The van der Waals surface area contributed by atoms with Crippen molar-refractivity contribution < 1.29 is 0 Å². The van der Waals surface area contributed by atoms with Crippen LogP contribution in [0.2, 0.25) is 0 Å². The highest BCUT2D eigenvalue weighted by molar-refractivity contribution is 5.36. The third-order valence-corrected chi connectivity index (χ3v) is 4.32. The summed E-state index contributed by atoms with van der Waals surface area (Å²) in [6.45, 7) is 12.5. The van der Waals surface area contributed by atoms with Crippen LogP contribution in [-0.2, 0) is 6.54 Å². The Hall–Kier alpha value is -0.860. The van der Waals surface area contributed by atoms with Gasteiger partial charge in [0.25, 0.3) is 0 Å². The van der Waals surface area contributed by atoms with Gasteiger partial charge in [0.2, 0.25) is 0 Å². The van der Waals surface area contributed by atoms with Gasteiger partial charge < -0.3 is 10.2 Å². The van der Waals surface area contributed by atoms with Crippen LogP contribution in [0.5, 0.6) is 0 Å². The van der Waals surface area contributed by atoms with Crippen molar-refractivity contribution in [3.05, 3.63) is 34.4 Å². The van der Waals surface area contributed by atoms with Crippen molar-refractivity contribution in [3.63, 3.8) is 0 Å². The Kier molecular flexibility index (Phi) is 5.41. The van der Waals surface area contributed by atoms with Crippen molar-refractivity contribution in [1.29, 1.82) is 0 Å². The van der Waals surface area contributed by atoms with Crippen molar-refractivity contribution in [3.8, 4) is 0 Å². The van der Waals surface area contributed by atoms with Crippen LogP contribution in [0.15, 0.2) is 12.1 Å². The molecule has 0 amide bonds. The normalized spacial score (nSPS) is 16.8. The molecule has 1 fully saturated rings. The molecule has 106 valence electrons. The third kappa shape index (κ3) is 4.32. The monoisotopic (exact) mass is 260 g/mol. The Bertz CT molecular complexity index is 406. The van der Waals surface area contributed by atoms with Gasteiger partial charge in [-0.1, -0.05) is 18.6 Å². The Morgan fingerprint density at radius 3 is 2.37 bits per heavy atom. The number of hydrogen-bond acceptors (Lipinski definition) is 2. The number of nitrogens with zero attached hydrogens (tertiary/aromatic N) is 1. The van der Waals surface area contributed by atoms with E-state index in [2.05, 4.69) is 43.1 Å². The van der Waals surface area contributed by atoms with Gasteiger partial charge in [-0.25, -0.2) is 0 Å². The standard InChI is InChI=1S/C17H28N2/c1-14-11-16(3)17(12-15(14)2)13-18-7-10-19-8-5-4-6-9-19/h11-12,18H,4-10,13H2,1-3H3. The molecule has 0 bridgehead atoms. The first-order valence-electron chi connectivity index (χ1n) is 7.66. The summed E-state index contributed by atoms with van der Waals surface area (Å²) in [6.07, 6.45) is 4.19. The molecule has 1 aromatic rings. The van der Waals surface area contributed by atoms with E-state index >= 15 is 0 Å². The molecular formula is C17H28N2. The summed E-state index contributed by atoms with van der Waals surface area (Å²) in [5.74, 6) is 0. The largest absolute Gasteiger partial charge is 0.311 e. The molecule has 1 N–H and O–H groups in total. The van der Waals surface area contributed by atoms with Crippen LogP contribution < -0.4 is 5.32 Å². The van der Waals surface area contributed by atoms with Gasteiger partial charge in [0.1, 0.15) is 0 Å². The molecule has 0 unspecified atom stereocenters. The van der Waals surface area contributed by atoms with Gasteiger partial charge in [-0.15, -0.1) is 0 Å². The lowest BCUT2D eigenvalue weighted by Gasteiger charge is -2.26. The first kappa shape index (κ1) is 14.5. The predicted octanol–water partition coefficient (Wildman–Crippen LogP) is 3.19. The molecule has 1 heterocycles. The third-order valence-electron chi connectivity index (χ3n) is 4.32. The molecule has 1 saturated heterocycles. The second-order valence-corrected chi connectivity index (χ2v) is 5.94. The Labute approximate surface area is 118 Å². The average Bonchev–Trinajstić information content (AvgIpc) is 2.41. The summed E-state index contributed by atoms with van der Waals surface area (Å²) in [4.78, 5) is 2.59. The Balaban J connectivity index is 1.74. The number of likely N-dealkylation sites (tertiary alicyclic amines) is 1. The quantitative estimate of drug-likeness (QED) is 0.818. The molecule has 1 aliphatic heterocycles. The number of piperidine rings is 1. The summed E-state index contributed by atoms with van der Waals surface area (Å²) in [5.41, 5.74) is 5.66. The van der Waals surface area contributed by atoms with E-state index in [1.165, 1.54) is 61.2 Å². The average molecular weight is 260 g/mol. The van der Waals surface area contributed by atoms with Crippen LogP contribution in [-0.4, -0.2) is 31.1 Å². The first-order chi connectivity index (χ1) is 9.16. The summed E-state index contributed by atoms with van der Waals surface area (Å²) < 4.78 is 0. The van der Waals surface area contributed by atoms with Crippen molar-refractivity contribution in [2.45, 2.75) is 46.6 Å². The molecular weight excluding hydrogens is 232 g/mol. The van der Waals surface area contributed by atoms with E-state index in [1.807, 2.05) is 0 Å². The van der Waals surface area contributed by atoms with E-state index in [4.69, 9.17) is 0 Å². The van der Waals surface area contributed by atoms with Gasteiger partial charge in [0.15, 0.2) is 0 Å². The van der Waals surface area contributed by atoms with Crippen LogP contribution in [0.25, 0.3) is 0 Å². The van der Waals surface area contributed by atoms with Gasteiger partial charge in [0.05, 0.1) is 0 Å². The molecule has 0 saturated carbocycles. The van der Waals surface area contributed by atoms with Crippen LogP contribution in [0, 0.1) is 20.8 Å². The Morgan fingerprint density at radius 2 is 1.63 bits per heavy atom. The molecule has 0 radical (unpaired) electrons. The van der Waals surface area contributed by atoms with Crippen LogP contribution in [0.4, 0.5) is 0 Å². The van der Waals surface area contributed by atoms with Crippen molar-refractivity contribution >= 4 is 0 Å². The van der Waals surface area contributed by atoms with Crippen molar-refractivity contribution in [1.82, 2.24) is 10.2 Å². The molecule has 0 spiro atoms. The molecule has 0 aromatic heterocycles. The first-order valence-corrected chi connectivity index (χ1v) is 7.66. The number of aryl methyl sites for hydroxylation is 3. The molecule has 1 aromatic carbocycles. The molecule has 0 atom stereocenters. The zero-order chi connectivity index (χ0) is 13.7. The van der Waals surface area contributed by atoms with Crippen LogP contribution in [0.3, 0.4) is 0 Å². The van der Waals surface area contributed by atoms with Crippen LogP contribution in [0.1, 0.15) is 41.5 Å². The lowest BCUT2D eigenvalue weighted by molar-refractivity contribution is 0.229. The highest BCUT2D eigenvalue weighted by Gasteiger charge is 2.09. The van der Waals surface area contributed by atoms with Gasteiger partial charge in [0, 0.05) is 19.6 Å². The maximum Gasteiger partial charge on any atom is 0.0208 e. The number of hydrogen-bond donors (Lipinski definition) is 1. The Morgan fingerprint density at radius 1 is 0.947 bits per heavy atom.